The quantitative estimate of drug-likeness (QED) is 0.832. The highest BCUT2D eigenvalue weighted by Crippen LogP contribution is 2.36. The zero-order valence-corrected chi connectivity index (χ0v) is 11.6. The predicted octanol–water partition coefficient (Wildman–Crippen LogP) is 3.60. The smallest absolute Gasteiger partial charge is 0.257 e. The van der Waals surface area contributed by atoms with Gasteiger partial charge in [-0.3, -0.25) is 4.79 Å². The molecule has 2 saturated carbocycles. The Morgan fingerprint density at radius 1 is 1.33 bits per heavy atom. The second kappa shape index (κ2) is 4.65. The van der Waals surface area contributed by atoms with Crippen molar-refractivity contribution in [2.75, 3.05) is 6.54 Å². The lowest BCUT2D eigenvalue weighted by Crippen LogP contribution is -2.35. The minimum absolute atomic E-state index is 0.150. The van der Waals surface area contributed by atoms with Crippen molar-refractivity contribution in [1.29, 1.82) is 0 Å². The Morgan fingerprint density at radius 3 is 2.67 bits per heavy atom. The minimum Gasteiger partial charge on any atom is -0.335 e. The summed E-state index contributed by atoms with van der Waals surface area (Å²) in [6.45, 7) is 0.801. The number of hydrogen-bond acceptors (Lipinski definition) is 1. The highest BCUT2D eigenvalue weighted by Gasteiger charge is 2.37. The van der Waals surface area contributed by atoms with Crippen LogP contribution in [0.15, 0.2) is 22.7 Å². The van der Waals surface area contributed by atoms with Gasteiger partial charge in [0.05, 0.1) is 5.56 Å². The number of rotatable bonds is 4. The molecule has 2 aliphatic carbocycles. The van der Waals surface area contributed by atoms with Crippen LogP contribution < -0.4 is 0 Å². The van der Waals surface area contributed by atoms with Gasteiger partial charge in [-0.2, -0.15) is 0 Å². The third-order valence-electron chi connectivity index (χ3n) is 3.56. The van der Waals surface area contributed by atoms with Crippen molar-refractivity contribution < 1.29 is 9.18 Å². The van der Waals surface area contributed by atoms with Gasteiger partial charge in [0.25, 0.3) is 5.91 Å². The van der Waals surface area contributed by atoms with Gasteiger partial charge in [0.2, 0.25) is 0 Å². The molecular weight excluding hydrogens is 297 g/mol. The molecule has 0 heterocycles. The molecule has 4 heteroatoms. The Kier molecular flexibility index (Phi) is 3.14. The van der Waals surface area contributed by atoms with E-state index in [4.69, 9.17) is 0 Å². The van der Waals surface area contributed by atoms with Gasteiger partial charge in [-0.15, -0.1) is 0 Å². The third-order valence-corrected chi connectivity index (χ3v) is 4.05. The Labute approximate surface area is 114 Å². The van der Waals surface area contributed by atoms with E-state index < -0.39 is 5.82 Å². The average molecular weight is 312 g/mol. The van der Waals surface area contributed by atoms with Gasteiger partial charge in [-0.25, -0.2) is 4.39 Å². The van der Waals surface area contributed by atoms with Gasteiger partial charge in [0.15, 0.2) is 0 Å². The number of carbonyl (C=O) groups excluding carboxylic acids is 1. The van der Waals surface area contributed by atoms with Gasteiger partial charge >= 0.3 is 0 Å². The SMILES string of the molecule is O=C(c1cc(Br)ccc1F)N(CC1CC1)C1CC1. The van der Waals surface area contributed by atoms with Crippen LogP contribution in [-0.2, 0) is 0 Å². The summed E-state index contributed by atoms with van der Waals surface area (Å²) >= 11 is 3.29. The first-order valence-electron chi connectivity index (χ1n) is 6.41. The molecule has 2 aliphatic rings. The molecule has 0 saturated heterocycles. The maximum Gasteiger partial charge on any atom is 0.257 e. The first-order valence-corrected chi connectivity index (χ1v) is 7.20. The summed E-state index contributed by atoms with van der Waals surface area (Å²) < 4.78 is 14.5. The number of benzene rings is 1. The molecule has 2 nitrogen and oxygen atoms in total. The lowest BCUT2D eigenvalue weighted by Gasteiger charge is -2.22. The van der Waals surface area contributed by atoms with Crippen LogP contribution in [0, 0.1) is 11.7 Å². The van der Waals surface area contributed by atoms with E-state index in [9.17, 15) is 9.18 Å². The fraction of sp³-hybridized carbons (Fsp3) is 0.500. The van der Waals surface area contributed by atoms with Gasteiger partial charge in [-0.1, -0.05) is 15.9 Å². The first-order chi connectivity index (χ1) is 8.65. The largest absolute Gasteiger partial charge is 0.335 e. The van der Waals surface area contributed by atoms with Crippen LogP contribution >= 0.6 is 15.9 Å². The summed E-state index contributed by atoms with van der Waals surface area (Å²) in [7, 11) is 0. The molecule has 1 aromatic carbocycles. The zero-order chi connectivity index (χ0) is 12.7. The summed E-state index contributed by atoms with van der Waals surface area (Å²) in [5, 5.41) is 0. The number of amides is 1. The highest BCUT2D eigenvalue weighted by atomic mass is 79.9. The molecular formula is C14H15BrFNO. The molecule has 96 valence electrons. The Balaban J connectivity index is 1.83. The molecule has 2 fully saturated rings. The van der Waals surface area contributed by atoms with Gasteiger partial charge in [0.1, 0.15) is 5.82 Å². The molecule has 0 radical (unpaired) electrons. The Morgan fingerprint density at radius 2 is 2.06 bits per heavy atom. The summed E-state index contributed by atoms with van der Waals surface area (Å²) in [5.74, 6) is 0.0672. The van der Waals surface area contributed by atoms with Crippen LogP contribution in [0.4, 0.5) is 4.39 Å². The molecule has 1 aromatic rings. The first kappa shape index (κ1) is 12.2. The molecule has 1 amide bonds. The fourth-order valence-corrected chi connectivity index (χ4v) is 2.54. The van der Waals surface area contributed by atoms with E-state index >= 15 is 0 Å². The van der Waals surface area contributed by atoms with Crippen molar-refractivity contribution in [3.8, 4) is 0 Å². The number of halogens is 2. The third kappa shape index (κ3) is 2.58. The predicted molar refractivity (Wildman–Crippen MR) is 70.9 cm³/mol. The molecule has 3 rings (SSSR count). The molecule has 0 aliphatic heterocycles. The van der Waals surface area contributed by atoms with Crippen molar-refractivity contribution in [3.63, 3.8) is 0 Å². The molecule has 18 heavy (non-hydrogen) atoms. The van der Waals surface area contributed by atoms with E-state index in [0.29, 0.717) is 12.0 Å². The summed E-state index contributed by atoms with van der Waals surface area (Å²) in [5.41, 5.74) is 0.192. The van der Waals surface area contributed by atoms with Gasteiger partial charge in [0, 0.05) is 17.1 Å². The summed E-state index contributed by atoms with van der Waals surface area (Å²) in [6.07, 6.45) is 4.54. The molecule has 0 N–H and O–H groups in total. The molecule has 0 unspecified atom stereocenters. The zero-order valence-electron chi connectivity index (χ0n) is 10.0. The highest BCUT2D eigenvalue weighted by molar-refractivity contribution is 9.10. The lowest BCUT2D eigenvalue weighted by molar-refractivity contribution is 0.0730. The second-order valence-electron chi connectivity index (χ2n) is 5.26. The molecule has 0 aromatic heterocycles. The minimum atomic E-state index is -0.426. The Hall–Kier alpha value is -0.900. The van der Waals surface area contributed by atoms with E-state index in [0.717, 1.165) is 23.9 Å². The maximum atomic E-state index is 13.7. The summed E-state index contributed by atoms with van der Waals surface area (Å²) in [4.78, 5) is 14.3. The van der Waals surface area contributed by atoms with E-state index in [1.165, 1.54) is 18.9 Å². The van der Waals surface area contributed by atoms with Gasteiger partial charge < -0.3 is 4.90 Å². The van der Waals surface area contributed by atoms with Crippen LogP contribution in [0.25, 0.3) is 0 Å². The fourth-order valence-electron chi connectivity index (χ4n) is 2.18. The number of hydrogen-bond donors (Lipinski definition) is 0. The van der Waals surface area contributed by atoms with Crippen LogP contribution in [0.3, 0.4) is 0 Å². The molecule has 0 spiro atoms. The van der Waals surface area contributed by atoms with Crippen LogP contribution in [-0.4, -0.2) is 23.4 Å². The normalized spacial score (nSPS) is 18.8. The van der Waals surface area contributed by atoms with E-state index in [2.05, 4.69) is 15.9 Å². The standard InChI is InChI=1S/C14H15BrFNO/c15-10-3-6-13(16)12(7-10)14(18)17(11-4-5-11)8-9-1-2-9/h3,6-7,9,11H,1-2,4-5,8H2. The van der Waals surface area contributed by atoms with Crippen molar-refractivity contribution in [2.24, 2.45) is 5.92 Å². The summed E-state index contributed by atoms with van der Waals surface area (Å²) in [6, 6.07) is 4.89. The lowest BCUT2D eigenvalue weighted by atomic mass is 10.1. The number of nitrogens with zero attached hydrogens (tertiary/aromatic N) is 1. The van der Waals surface area contributed by atoms with Crippen molar-refractivity contribution in [2.45, 2.75) is 31.7 Å². The monoisotopic (exact) mass is 311 g/mol. The van der Waals surface area contributed by atoms with E-state index in [1.807, 2.05) is 4.90 Å². The van der Waals surface area contributed by atoms with E-state index in [1.54, 1.807) is 12.1 Å². The molecule has 0 atom stereocenters. The van der Waals surface area contributed by atoms with Crippen molar-refractivity contribution in [1.82, 2.24) is 4.90 Å². The Bertz CT molecular complexity index is 483. The van der Waals surface area contributed by atoms with Gasteiger partial charge in [-0.05, 0) is 49.8 Å². The maximum absolute atomic E-state index is 13.7. The van der Waals surface area contributed by atoms with E-state index in [-0.39, 0.29) is 11.5 Å². The number of carbonyl (C=O) groups is 1. The second-order valence-corrected chi connectivity index (χ2v) is 6.17. The molecule has 0 bridgehead atoms. The van der Waals surface area contributed by atoms with Crippen molar-refractivity contribution in [3.05, 3.63) is 34.1 Å². The van der Waals surface area contributed by atoms with Crippen LogP contribution in [0.5, 0.6) is 0 Å². The van der Waals surface area contributed by atoms with Crippen LogP contribution in [0.2, 0.25) is 0 Å². The van der Waals surface area contributed by atoms with Crippen LogP contribution in [0.1, 0.15) is 36.0 Å². The topological polar surface area (TPSA) is 20.3 Å². The average Bonchev–Trinajstić information content (AvgIpc) is 3.21. The van der Waals surface area contributed by atoms with Crippen molar-refractivity contribution >= 4 is 21.8 Å².